The van der Waals surface area contributed by atoms with E-state index in [1.54, 1.807) is 58.0 Å². The predicted octanol–water partition coefficient (Wildman–Crippen LogP) is -6.79. The first-order valence-corrected chi connectivity index (χ1v) is 33.7. The van der Waals surface area contributed by atoms with Crippen molar-refractivity contribution in [2.75, 3.05) is 19.7 Å². The molecule has 578 valence electrons. The van der Waals surface area contributed by atoms with E-state index in [1.807, 2.05) is 0 Å². The second-order valence-electron chi connectivity index (χ2n) is 25.5. The van der Waals surface area contributed by atoms with Crippen molar-refractivity contribution < 1.29 is 92.0 Å². The van der Waals surface area contributed by atoms with Gasteiger partial charge in [0, 0.05) is 50.7 Å². The molecule has 0 fully saturated rings. The minimum absolute atomic E-state index is 0.00145. The third kappa shape index (κ3) is 33.6. The van der Waals surface area contributed by atoms with Crippen molar-refractivity contribution in [1.29, 1.82) is 0 Å². The number of aliphatic hydroxyl groups is 1. The van der Waals surface area contributed by atoms with Crippen LogP contribution in [0.4, 0.5) is 4.79 Å². The molecule has 13 atom stereocenters. The van der Waals surface area contributed by atoms with E-state index >= 15 is 0 Å². The summed E-state index contributed by atoms with van der Waals surface area (Å²) in [5.74, 6) is -18.2. The number of imidazole rings is 1. The molecule has 0 aliphatic rings. The van der Waals surface area contributed by atoms with E-state index in [4.69, 9.17) is 34.4 Å². The summed E-state index contributed by atoms with van der Waals surface area (Å²) >= 11 is 0. The number of aromatic amines is 1. The van der Waals surface area contributed by atoms with Crippen LogP contribution in [0.2, 0.25) is 0 Å². The molecule has 2 rings (SSSR count). The number of H-pyrrole nitrogens is 1. The van der Waals surface area contributed by atoms with Gasteiger partial charge in [0.05, 0.1) is 25.4 Å². The number of nitrogens with two attached hydrogens (primary N) is 6. The number of carboxylic acids is 2. The first-order valence-electron chi connectivity index (χ1n) is 33.7. The Kier molecular flexibility index (Phi) is 39.1. The number of benzene rings is 1. The van der Waals surface area contributed by atoms with Gasteiger partial charge in [0.1, 0.15) is 66.5 Å². The number of aliphatic imine (C=N–C) groups is 1. The molecule has 104 heavy (non-hydrogen) atoms. The molecule has 2 aromatic rings. The smallest absolute Gasteiger partial charge is 0.312 e. The van der Waals surface area contributed by atoms with Crippen LogP contribution in [-0.4, -0.2) is 218 Å². The fourth-order valence-corrected chi connectivity index (χ4v) is 9.98. The van der Waals surface area contributed by atoms with Gasteiger partial charge < -0.3 is 119 Å². The zero-order valence-corrected chi connectivity index (χ0v) is 59.2. The molecule has 0 unspecified atom stereocenters. The summed E-state index contributed by atoms with van der Waals surface area (Å²) in [5, 5.41) is 58.3. The third-order valence-electron chi connectivity index (χ3n) is 16.0. The Hall–Kier alpha value is -11.1. The largest absolute Gasteiger partial charge is 0.481 e. The van der Waals surface area contributed by atoms with Gasteiger partial charge in [0.15, 0.2) is 5.96 Å². The first-order chi connectivity index (χ1) is 48.9. The lowest BCUT2D eigenvalue weighted by Crippen LogP contribution is -2.61. The monoisotopic (exact) mass is 1470 g/mol. The predicted molar refractivity (Wildman–Crippen MR) is 372 cm³/mol. The fraction of sp³-hybridized carbons (Fsp3) is 0.594. The highest BCUT2D eigenvalue weighted by atomic mass is 16.4. The van der Waals surface area contributed by atoms with Gasteiger partial charge in [-0.2, -0.15) is 0 Å². The second-order valence-corrected chi connectivity index (χ2v) is 25.5. The molecule has 1 heterocycles. The summed E-state index contributed by atoms with van der Waals surface area (Å²) in [6.45, 7) is 9.69. The van der Waals surface area contributed by atoms with Gasteiger partial charge in [-0.3, -0.25) is 76.9 Å². The lowest BCUT2D eigenvalue weighted by molar-refractivity contribution is -0.139. The Labute approximate surface area is 599 Å². The highest BCUT2D eigenvalue weighted by Gasteiger charge is 2.38. The zero-order valence-electron chi connectivity index (χ0n) is 59.2. The number of aromatic nitrogens is 2. The maximum Gasteiger partial charge on any atom is 0.312 e. The summed E-state index contributed by atoms with van der Waals surface area (Å²) < 4.78 is 0. The van der Waals surface area contributed by atoms with Crippen LogP contribution in [0.1, 0.15) is 130 Å². The fourth-order valence-electron chi connectivity index (χ4n) is 9.98. The van der Waals surface area contributed by atoms with E-state index in [0.717, 1.165) is 6.92 Å². The minimum atomic E-state index is -1.88. The SMILES string of the molecule is CC[C@H](C)[C@H](N)C(=O)N[C@@H](CO)C(=O)N[C@@H](CCC(=O)O)C(=O)N[C@H](C(=O)N[C@@H](CC(N)=O)C(=O)N[C@@H](CC(C)C)C(=O)N[C@@H](CCCNC(N)=O)C(=O)N[C@@H](C)C(=O)N[C@@H](CCC(=O)O)C(=O)N[C@@H](Cc1ccccc1)C(=O)N[C@@H](CCCN=C(N)N)C(=O)N[C@@H](Cc1cnc[nH]1)C(N)=O)C(C)C. The number of rotatable bonds is 49. The summed E-state index contributed by atoms with van der Waals surface area (Å²) in [6.07, 6.45) is -1.19. The van der Waals surface area contributed by atoms with Crippen molar-refractivity contribution in [2.45, 2.75) is 204 Å². The number of nitrogens with zero attached hydrogens (tertiary/aromatic N) is 2. The number of carbonyl (C=O) groups is 16. The van der Waals surface area contributed by atoms with Crippen LogP contribution in [0.5, 0.6) is 0 Å². The standard InChI is InChI=1S/C64H103N21O19/c1-8-33(6)49(66)61(102)84-45(29-86)60(101)79-40(19-21-48(90)91)56(97)85-50(32(4)5)62(103)83-44(27-46(65)87)59(100)81-42(24-31(2)3)57(98)77-37(17-13-23-73-64(70)104)53(94)75-34(7)52(93)76-39(18-20-47(88)89)55(96)82-43(25-35-14-10-9-11-15-35)58(99)78-38(16-12-22-72-63(68)69)54(95)80-41(51(67)92)26-36-28-71-30-74-36/h9-11,14-15,28,30-34,37-45,49-50,86H,8,12-13,16-27,29,66H2,1-7H3,(H2,65,87)(H2,67,92)(H,71,74)(H,75,94)(H,76,93)(H,77,98)(H,78,99)(H,79,101)(H,80,95)(H,81,100)(H,82,96)(H,83,103)(H,84,102)(H,85,97)(H,88,89)(H,90,91)(H4,68,69,72)(H3,70,73,104)/t33-,34-,37-,38-,39-,40-,41-,42-,43-,44-,45-,49-,50-/m0/s1. The van der Waals surface area contributed by atoms with E-state index < -0.39 is 218 Å². The zero-order chi connectivity index (χ0) is 78.5. The molecule has 0 aliphatic carbocycles. The third-order valence-corrected chi connectivity index (χ3v) is 16.0. The van der Waals surface area contributed by atoms with Gasteiger partial charge in [-0.05, 0) is 75.2 Å². The maximum absolute atomic E-state index is 14.4. The normalized spacial score (nSPS) is 14.8. The molecular weight excluding hydrogens is 1370 g/mol. The molecule has 0 bridgehead atoms. The van der Waals surface area contributed by atoms with Crippen LogP contribution in [0.3, 0.4) is 0 Å². The molecule has 0 saturated heterocycles. The van der Waals surface area contributed by atoms with E-state index in [9.17, 15) is 92.0 Å². The highest BCUT2D eigenvalue weighted by Crippen LogP contribution is 2.14. The Morgan fingerprint density at radius 1 is 0.519 bits per heavy atom. The highest BCUT2D eigenvalue weighted by molar-refractivity contribution is 6.00. The van der Waals surface area contributed by atoms with Crippen molar-refractivity contribution >= 4 is 101 Å². The molecule has 0 aliphatic heterocycles. The van der Waals surface area contributed by atoms with Gasteiger partial charge in [-0.25, -0.2) is 9.78 Å². The topological polar surface area (TPSA) is 675 Å². The van der Waals surface area contributed by atoms with Crippen molar-refractivity contribution in [3.63, 3.8) is 0 Å². The molecule has 28 N–H and O–H groups in total. The molecule has 0 radical (unpaired) electrons. The lowest BCUT2D eigenvalue weighted by Gasteiger charge is -2.29. The molecule has 0 spiro atoms. The molecule has 40 heteroatoms. The molecule has 1 aromatic heterocycles. The van der Waals surface area contributed by atoms with Gasteiger partial charge in [0.25, 0.3) is 0 Å². The van der Waals surface area contributed by atoms with Crippen LogP contribution in [0.15, 0.2) is 47.8 Å². The number of hydrogen-bond acceptors (Lipinski definition) is 20. The number of aliphatic carboxylic acids is 2. The molecular formula is C64H103N21O19. The summed E-state index contributed by atoms with van der Waals surface area (Å²) in [6, 6.07) is -11.5. The van der Waals surface area contributed by atoms with Crippen LogP contribution in [0, 0.1) is 17.8 Å². The van der Waals surface area contributed by atoms with Gasteiger partial charge in [-0.15, -0.1) is 0 Å². The number of carboxylic acid groups (broad SMARTS) is 2. The van der Waals surface area contributed by atoms with Crippen LogP contribution in [-0.2, 0) is 84.8 Å². The molecule has 1 aromatic carbocycles. The molecule has 15 amide bonds. The summed E-state index contributed by atoms with van der Waals surface area (Å²) in [5.41, 5.74) is 34.3. The van der Waals surface area contributed by atoms with Crippen molar-refractivity contribution in [3.05, 3.63) is 54.1 Å². The average molecular weight is 1470 g/mol. The Morgan fingerprint density at radius 3 is 1.47 bits per heavy atom. The second kappa shape index (κ2) is 45.7. The first kappa shape index (κ1) is 89.0. The number of urea groups is 1. The van der Waals surface area contributed by atoms with Crippen LogP contribution < -0.4 is 98.2 Å². The quantitative estimate of drug-likeness (QED) is 0.0166. The van der Waals surface area contributed by atoms with Crippen molar-refractivity contribution in [2.24, 2.45) is 57.1 Å². The molecule has 40 nitrogen and oxygen atoms in total. The minimum Gasteiger partial charge on any atom is -0.481 e. The number of amides is 15. The van der Waals surface area contributed by atoms with Gasteiger partial charge in [-0.1, -0.05) is 78.3 Å². The number of guanidine groups is 1. The van der Waals surface area contributed by atoms with Crippen LogP contribution >= 0.6 is 0 Å². The number of aliphatic hydroxyl groups excluding tert-OH is 1. The van der Waals surface area contributed by atoms with Crippen LogP contribution in [0.25, 0.3) is 0 Å². The summed E-state index contributed by atoms with van der Waals surface area (Å²) in [7, 11) is 0. The van der Waals surface area contributed by atoms with Gasteiger partial charge >= 0.3 is 18.0 Å². The maximum atomic E-state index is 14.4. The van der Waals surface area contributed by atoms with Crippen molar-refractivity contribution in [1.82, 2.24) is 73.8 Å². The average Bonchev–Trinajstić information content (AvgIpc) is 0.865. The lowest BCUT2D eigenvalue weighted by atomic mass is 9.99. The van der Waals surface area contributed by atoms with Crippen molar-refractivity contribution in [3.8, 4) is 0 Å². The van der Waals surface area contributed by atoms with E-state index in [-0.39, 0.29) is 69.9 Å². The van der Waals surface area contributed by atoms with E-state index in [0.29, 0.717) is 17.7 Å². The number of nitrogens with one attached hydrogen (secondary N) is 13. The Bertz CT molecular complexity index is 3280. The number of carbonyl (C=O) groups excluding carboxylic acids is 14. The van der Waals surface area contributed by atoms with E-state index in [1.165, 1.54) is 26.4 Å². The Balaban J connectivity index is 2.49. The number of hydrogen-bond donors (Lipinski definition) is 22. The van der Waals surface area contributed by atoms with E-state index in [2.05, 4.69) is 78.8 Å². The number of primary amides is 3. The van der Waals surface area contributed by atoms with Gasteiger partial charge in [0.2, 0.25) is 76.8 Å². The molecule has 0 saturated carbocycles. The summed E-state index contributed by atoms with van der Waals surface area (Å²) in [4.78, 5) is 225. The Morgan fingerprint density at radius 2 is 0.981 bits per heavy atom.